The summed E-state index contributed by atoms with van der Waals surface area (Å²) in [7, 11) is 0. The van der Waals surface area contributed by atoms with Crippen LogP contribution in [0.15, 0.2) is 48.1 Å². The van der Waals surface area contributed by atoms with Crippen molar-refractivity contribution in [2.45, 2.75) is 6.42 Å². The number of halogens is 1. The number of rotatable bonds is 7. The molecule has 1 N–H and O–H groups in total. The van der Waals surface area contributed by atoms with Gasteiger partial charge in [0.15, 0.2) is 10.8 Å². The van der Waals surface area contributed by atoms with E-state index in [1.807, 2.05) is 0 Å². The molecule has 0 fully saturated rings. The van der Waals surface area contributed by atoms with Crippen LogP contribution < -0.4 is 10.1 Å². The number of nitrogens with zero attached hydrogens (tertiary/aromatic N) is 3. The van der Waals surface area contributed by atoms with E-state index >= 15 is 0 Å². The summed E-state index contributed by atoms with van der Waals surface area (Å²) in [6.45, 7) is 0.876. The Labute approximate surface area is 147 Å². The lowest BCUT2D eigenvalue weighted by atomic mass is 10.3. The molecule has 1 amide bonds. The fourth-order valence-corrected chi connectivity index (χ4v) is 2.72. The summed E-state index contributed by atoms with van der Waals surface area (Å²) in [5, 5.41) is 5.06. The van der Waals surface area contributed by atoms with Crippen molar-refractivity contribution in [1.29, 1.82) is 0 Å². The van der Waals surface area contributed by atoms with Gasteiger partial charge >= 0.3 is 0 Å². The Kier molecular flexibility index (Phi) is 5.63. The maximum absolute atomic E-state index is 12.8. The van der Waals surface area contributed by atoms with E-state index in [9.17, 15) is 9.18 Å². The lowest BCUT2D eigenvalue weighted by Gasteiger charge is -2.06. The monoisotopic (exact) mass is 358 g/mol. The number of carbonyl (C=O) groups is 1. The number of hydrogen-bond donors (Lipinski definition) is 1. The molecule has 0 saturated heterocycles. The molecular formula is C17H15FN4O2S. The fraction of sp³-hybridized carbons (Fsp3) is 0.176. The molecule has 0 saturated carbocycles. The molecule has 128 valence electrons. The molecule has 0 bridgehead atoms. The summed E-state index contributed by atoms with van der Waals surface area (Å²) in [6, 6.07) is 7.53. The van der Waals surface area contributed by atoms with E-state index in [1.165, 1.54) is 23.5 Å². The molecule has 8 heteroatoms. The Morgan fingerprint density at radius 3 is 2.72 bits per heavy atom. The molecule has 0 aliphatic carbocycles. The van der Waals surface area contributed by atoms with E-state index in [-0.39, 0.29) is 11.7 Å². The number of ether oxygens (including phenoxy) is 1. The van der Waals surface area contributed by atoms with Gasteiger partial charge in [0, 0.05) is 24.3 Å². The van der Waals surface area contributed by atoms with E-state index in [0.717, 1.165) is 0 Å². The van der Waals surface area contributed by atoms with Gasteiger partial charge in [0.2, 0.25) is 0 Å². The van der Waals surface area contributed by atoms with Crippen LogP contribution in [0.2, 0.25) is 0 Å². The second kappa shape index (κ2) is 8.29. The first-order valence-electron chi connectivity index (χ1n) is 7.62. The fourth-order valence-electron chi connectivity index (χ4n) is 1.98. The summed E-state index contributed by atoms with van der Waals surface area (Å²) in [4.78, 5) is 24.5. The number of amides is 1. The topological polar surface area (TPSA) is 77.0 Å². The predicted octanol–water partition coefficient (Wildman–Crippen LogP) is 2.94. The van der Waals surface area contributed by atoms with Crippen molar-refractivity contribution in [3.63, 3.8) is 0 Å². The minimum Gasteiger partial charge on any atom is -0.494 e. The number of carbonyl (C=O) groups excluding carboxylic acids is 1. The molecule has 2 aromatic heterocycles. The first kappa shape index (κ1) is 17.0. The smallest absolute Gasteiger partial charge is 0.270 e. The van der Waals surface area contributed by atoms with Gasteiger partial charge in [-0.2, -0.15) is 0 Å². The molecule has 0 aliphatic heterocycles. The first-order valence-corrected chi connectivity index (χ1v) is 8.50. The third-order valence-electron chi connectivity index (χ3n) is 3.18. The molecule has 0 radical (unpaired) electrons. The molecule has 25 heavy (non-hydrogen) atoms. The maximum atomic E-state index is 12.8. The highest BCUT2D eigenvalue weighted by Gasteiger charge is 2.12. The van der Waals surface area contributed by atoms with E-state index in [2.05, 4.69) is 20.3 Å². The van der Waals surface area contributed by atoms with Crippen LogP contribution in [-0.2, 0) is 0 Å². The zero-order valence-corrected chi connectivity index (χ0v) is 14.0. The molecule has 1 aromatic carbocycles. The number of thiazole rings is 1. The van der Waals surface area contributed by atoms with Crippen LogP contribution in [0.25, 0.3) is 10.8 Å². The van der Waals surface area contributed by atoms with Crippen LogP contribution in [0.4, 0.5) is 4.39 Å². The molecule has 0 aliphatic rings. The van der Waals surface area contributed by atoms with Crippen molar-refractivity contribution in [2.75, 3.05) is 13.2 Å². The molecule has 0 unspecified atom stereocenters. The third kappa shape index (κ3) is 4.80. The normalized spacial score (nSPS) is 10.4. The second-order valence-corrected chi connectivity index (χ2v) is 5.88. The Morgan fingerprint density at radius 2 is 1.96 bits per heavy atom. The summed E-state index contributed by atoms with van der Waals surface area (Å²) in [6.07, 6.45) is 3.89. The molecular weight excluding hydrogens is 343 g/mol. The Balaban J connectivity index is 1.42. The lowest BCUT2D eigenvalue weighted by Crippen LogP contribution is -2.25. The zero-order chi connectivity index (χ0) is 17.5. The Bertz CT molecular complexity index is 824. The van der Waals surface area contributed by atoms with Crippen molar-refractivity contribution in [3.05, 3.63) is 59.6 Å². The molecule has 3 aromatic rings. The first-order chi connectivity index (χ1) is 12.2. The van der Waals surface area contributed by atoms with Crippen LogP contribution in [0.1, 0.15) is 16.9 Å². The van der Waals surface area contributed by atoms with Crippen LogP contribution in [0.5, 0.6) is 5.75 Å². The molecule has 3 rings (SSSR count). The SMILES string of the molecule is O=C(NCCCOc1ccc(F)cc1)c1csc(-c2ncccn2)n1. The quantitative estimate of drug-likeness (QED) is 0.657. The number of hydrogen-bond acceptors (Lipinski definition) is 6. The van der Waals surface area contributed by atoms with Crippen molar-refractivity contribution >= 4 is 17.2 Å². The number of aromatic nitrogens is 3. The van der Waals surface area contributed by atoms with Crippen LogP contribution >= 0.6 is 11.3 Å². The van der Waals surface area contributed by atoms with Gasteiger partial charge in [0.05, 0.1) is 6.61 Å². The van der Waals surface area contributed by atoms with E-state index < -0.39 is 0 Å². The zero-order valence-electron chi connectivity index (χ0n) is 13.2. The van der Waals surface area contributed by atoms with Crippen LogP contribution in [0, 0.1) is 5.82 Å². The maximum Gasteiger partial charge on any atom is 0.270 e. The largest absolute Gasteiger partial charge is 0.494 e. The summed E-state index contributed by atoms with van der Waals surface area (Å²) >= 11 is 1.32. The highest BCUT2D eigenvalue weighted by Crippen LogP contribution is 2.19. The van der Waals surface area contributed by atoms with Crippen LogP contribution in [-0.4, -0.2) is 34.0 Å². The van der Waals surface area contributed by atoms with Gasteiger partial charge in [-0.15, -0.1) is 11.3 Å². The average molecular weight is 358 g/mol. The highest BCUT2D eigenvalue weighted by atomic mass is 32.1. The Hall–Kier alpha value is -2.87. The minimum atomic E-state index is -0.303. The van der Waals surface area contributed by atoms with Gasteiger partial charge in [-0.1, -0.05) is 0 Å². The van der Waals surface area contributed by atoms with E-state index in [1.54, 1.807) is 36.0 Å². The highest BCUT2D eigenvalue weighted by molar-refractivity contribution is 7.13. The molecule has 0 atom stereocenters. The van der Waals surface area contributed by atoms with E-state index in [0.29, 0.717) is 41.8 Å². The molecule has 2 heterocycles. The average Bonchev–Trinajstić information content (AvgIpc) is 3.14. The van der Waals surface area contributed by atoms with Gasteiger partial charge in [-0.25, -0.2) is 19.3 Å². The van der Waals surface area contributed by atoms with Gasteiger partial charge in [0.25, 0.3) is 5.91 Å². The van der Waals surface area contributed by atoms with Gasteiger partial charge in [0.1, 0.15) is 17.3 Å². The summed E-state index contributed by atoms with van der Waals surface area (Å²) in [5.74, 6) is 0.544. The second-order valence-electron chi connectivity index (χ2n) is 5.02. The lowest BCUT2D eigenvalue weighted by molar-refractivity contribution is 0.0947. The van der Waals surface area contributed by atoms with Crippen molar-refractivity contribution in [2.24, 2.45) is 0 Å². The van der Waals surface area contributed by atoms with Crippen LogP contribution in [0.3, 0.4) is 0 Å². The summed E-state index contributed by atoms with van der Waals surface area (Å²) < 4.78 is 18.2. The predicted molar refractivity (Wildman–Crippen MR) is 92.0 cm³/mol. The third-order valence-corrected chi connectivity index (χ3v) is 4.02. The van der Waals surface area contributed by atoms with E-state index in [4.69, 9.17) is 4.74 Å². The Morgan fingerprint density at radius 1 is 1.20 bits per heavy atom. The standard InChI is InChI=1S/C17H15FN4O2S/c18-12-3-5-13(6-4-12)24-10-2-9-21-16(23)14-11-25-17(22-14)15-19-7-1-8-20-15/h1,3-8,11H,2,9-10H2,(H,21,23). The van der Waals surface area contributed by atoms with Gasteiger partial charge < -0.3 is 10.1 Å². The number of benzene rings is 1. The van der Waals surface area contributed by atoms with Gasteiger partial charge in [-0.3, -0.25) is 4.79 Å². The van der Waals surface area contributed by atoms with Crippen molar-refractivity contribution in [1.82, 2.24) is 20.3 Å². The summed E-state index contributed by atoms with van der Waals surface area (Å²) in [5.41, 5.74) is 0.340. The van der Waals surface area contributed by atoms with Gasteiger partial charge in [-0.05, 0) is 36.8 Å². The van der Waals surface area contributed by atoms with Crippen molar-refractivity contribution < 1.29 is 13.9 Å². The molecule has 0 spiro atoms. The van der Waals surface area contributed by atoms with Crippen molar-refractivity contribution in [3.8, 4) is 16.6 Å². The minimum absolute atomic E-state index is 0.250. The number of nitrogens with one attached hydrogen (secondary N) is 1. The molecule has 6 nitrogen and oxygen atoms in total.